The van der Waals surface area contributed by atoms with E-state index in [1.54, 1.807) is 13.0 Å². The number of rotatable bonds is 5. The number of hydrogen-bond acceptors (Lipinski definition) is 3. The predicted octanol–water partition coefficient (Wildman–Crippen LogP) is 2.98. The molecule has 0 aliphatic rings. The summed E-state index contributed by atoms with van der Waals surface area (Å²) >= 11 is 5.76. The average Bonchev–Trinajstić information content (AvgIpc) is 2.35. The Labute approximate surface area is 106 Å². The maximum absolute atomic E-state index is 11.1. The van der Waals surface area contributed by atoms with Crippen molar-refractivity contribution in [3.05, 3.63) is 46.5 Å². The molecule has 0 heterocycles. The zero-order valence-corrected chi connectivity index (χ0v) is 10.7. The van der Waals surface area contributed by atoms with E-state index < -0.39 is 0 Å². The molecule has 0 atom stereocenters. The highest BCUT2D eigenvalue weighted by atomic mass is 35.5. The Bertz CT molecular complexity index is 396. The molecular formula is C13H15ClO3. The Hall–Kier alpha value is -1.32. The molecule has 3 nitrogen and oxygen atoms in total. The summed E-state index contributed by atoms with van der Waals surface area (Å²) < 4.78 is 9.96. The highest BCUT2D eigenvalue weighted by Gasteiger charge is 2.01. The lowest BCUT2D eigenvalue weighted by molar-refractivity contribution is -0.136. The lowest BCUT2D eigenvalue weighted by Crippen LogP contribution is -2.03. The van der Waals surface area contributed by atoms with Crippen LogP contribution in [-0.4, -0.2) is 19.7 Å². The summed E-state index contributed by atoms with van der Waals surface area (Å²) in [6.45, 7) is 2.56. The van der Waals surface area contributed by atoms with Crippen molar-refractivity contribution in [3.8, 4) is 0 Å². The molecule has 0 radical (unpaired) electrons. The predicted molar refractivity (Wildman–Crippen MR) is 66.9 cm³/mol. The van der Waals surface area contributed by atoms with Crippen molar-refractivity contribution in [1.82, 2.24) is 0 Å². The fourth-order valence-corrected chi connectivity index (χ4v) is 1.31. The van der Waals surface area contributed by atoms with Crippen molar-refractivity contribution in [2.45, 2.75) is 13.5 Å². The van der Waals surface area contributed by atoms with E-state index in [1.165, 1.54) is 7.11 Å². The van der Waals surface area contributed by atoms with E-state index in [0.717, 1.165) is 5.56 Å². The molecule has 1 aromatic rings. The molecule has 0 bridgehead atoms. The van der Waals surface area contributed by atoms with E-state index in [0.29, 0.717) is 23.8 Å². The van der Waals surface area contributed by atoms with Crippen LogP contribution >= 0.6 is 11.6 Å². The fourth-order valence-electron chi connectivity index (χ4n) is 1.19. The fraction of sp³-hybridized carbons (Fsp3) is 0.308. The Balaban J connectivity index is 2.33. The van der Waals surface area contributed by atoms with Gasteiger partial charge in [-0.2, -0.15) is 0 Å². The lowest BCUT2D eigenvalue weighted by atomic mass is 10.2. The van der Waals surface area contributed by atoms with Gasteiger partial charge < -0.3 is 9.47 Å². The quantitative estimate of drug-likeness (QED) is 0.460. The molecule has 0 saturated heterocycles. The largest absolute Gasteiger partial charge is 0.466 e. The highest BCUT2D eigenvalue weighted by Crippen LogP contribution is 2.10. The van der Waals surface area contributed by atoms with Crippen molar-refractivity contribution in [1.29, 1.82) is 0 Å². The zero-order chi connectivity index (χ0) is 12.7. The third-order valence-corrected chi connectivity index (χ3v) is 2.45. The Kier molecular flexibility index (Phi) is 5.73. The first-order valence-electron chi connectivity index (χ1n) is 5.20. The van der Waals surface area contributed by atoms with Gasteiger partial charge in [0.2, 0.25) is 0 Å². The van der Waals surface area contributed by atoms with Gasteiger partial charge in [-0.15, -0.1) is 0 Å². The number of hydrogen-bond donors (Lipinski definition) is 0. The van der Waals surface area contributed by atoms with Gasteiger partial charge in [0, 0.05) is 10.6 Å². The van der Waals surface area contributed by atoms with Crippen LogP contribution in [0.25, 0.3) is 0 Å². The second-order valence-corrected chi connectivity index (χ2v) is 3.96. The molecule has 0 fully saturated rings. The zero-order valence-electron chi connectivity index (χ0n) is 9.90. The molecule has 92 valence electrons. The third-order valence-electron chi connectivity index (χ3n) is 2.20. The minimum Gasteiger partial charge on any atom is -0.466 e. The topological polar surface area (TPSA) is 35.5 Å². The monoisotopic (exact) mass is 254 g/mol. The summed E-state index contributed by atoms with van der Waals surface area (Å²) in [6, 6.07) is 7.43. The standard InChI is InChI=1S/C13H15ClO3/c1-10(13(15)16-2)7-8-17-9-11-3-5-12(14)6-4-11/h3-7H,8-9H2,1-2H3. The molecule has 0 aliphatic heterocycles. The van der Waals surface area contributed by atoms with Crippen LogP contribution in [-0.2, 0) is 20.9 Å². The molecule has 4 heteroatoms. The van der Waals surface area contributed by atoms with Crippen molar-refractivity contribution >= 4 is 17.6 Å². The molecule has 1 rings (SSSR count). The van der Waals surface area contributed by atoms with Crippen LogP contribution in [0.15, 0.2) is 35.9 Å². The SMILES string of the molecule is COC(=O)C(C)=CCOCc1ccc(Cl)cc1. The molecule has 1 aromatic carbocycles. The molecule has 17 heavy (non-hydrogen) atoms. The molecule has 0 saturated carbocycles. The van der Waals surface area contributed by atoms with Crippen LogP contribution in [0, 0.1) is 0 Å². The minimum absolute atomic E-state index is 0.333. The smallest absolute Gasteiger partial charge is 0.333 e. The van der Waals surface area contributed by atoms with Crippen LogP contribution in [0.2, 0.25) is 5.02 Å². The van der Waals surface area contributed by atoms with Gasteiger partial charge in [0.1, 0.15) is 0 Å². The van der Waals surface area contributed by atoms with E-state index in [1.807, 2.05) is 24.3 Å². The number of carbonyl (C=O) groups is 1. The molecule has 0 unspecified atom stereocenters. The average molecular weight is 255 g/mol. The summed E-state index contributed by atoms with van der Waals surface area (Å²) in [5, 5.41) is 0.704. The molecule has 0 aromatic heterocycles. The van der Waals surface area contributed by atoms with Crippen LogP contribution in [0.4, 0.5) is 0 Å². The summed E-state index contributed by atoms with van der Waals surface area (Å²) in [6.07, 6.45) is 1.70. The third kappa shape index (κ3) is 5.02. The first-order chi connectivity index (χ1) is 8.13. The number of ether oxygens (including phenoxy) is 2. The van der Waals surface area contributed by atoms with Crippen molar-refractivity contribution in [3.63, 3.8) is 0 Å². The van der Waals surface area contributed by atoms with Gasteiger partial charge in [-0.3, -0.25) is 0 Å². The van der Waals surface area contributed by atoms with Crippen LogP contribution in [0.5, 0.6) is 0 Å². The number of methoxy groups -OCH3 is 1. The van der Waals surface area contributed by atoms with Crippen molar-refractivity contribution in [2.24, 2.45) is 0 Å². The van der Waals surface area contributed by atoms with Gasteiger partial charge in [-0.05, 0) is 30.7 Å². The number of halogens is 1. The molecule has 0 aliphatic carbocycles. The highest BCUT2D eigenvalue weighted by molar-refractivity contribution is 6.30. The Morgan fingerprint density at radius 3 is 2.59 bits per heavy atom. The number of benzene rings is 1. The van der Waals surface area contributed by atoms with E-state index in [9.17, 15) is 4.79 Å². The van der Waals surface area contributed by atoms with Crippen LogP contribution in [0.3, 0.4) is 0 Å². The minimum atomic E-state index is -0.333. The maximum atomic E-state index is 11.1. The second kappa shape index (κ2) is 7.09. The molecule has 0 spiro atoms. The van der Waals surface area contributed by atoms with Crippen LogP contribution < -0.4 is 0 Å². The van der Waals surface area contributed by atoms with Crippen molar-refractivity contribution < 1.29 is 14.3 Å². The van der Waals surface area contributed by atoms with E-state index >= 15 is 0 Å². The Morgan fingerprint density at radius 2 is 2.00 bits per heavy atom. The van der Waals surface area contributed by atoms with Crippen LogP contribution in [0.1, 0.15) is 12.5 Å². The first-order valence-corrected chi connectivity index (χ1v) is 5.58. The number of carbonyl (C=O) groups excluding carboxylic acids is 1. The normalized spacial score (nSPS) is 11.4. The summed E-state index contributed by atoms with van der Waals surface area (Å²) in [7, 11) is 1.36. The summed E-state index contributed by atoms with van der Waals surface area (Å²) in [5.74, 6) is -0.333. The summed E-state index contributed by atoms with van der Waals surface area (Å²) in [4.78, 5) is 11.1. The van der Waals surface area contributed by atoms with E-state index in [2.05, 4.69) is 4.74 Å². The Morgan fingerprint density at radius 1 is 1.35 bits per heavy atom. The van der Waals surface area contributed by atoms with Gasteiger partial charge in [0.05, 0.1) is 20.3 Å². The molecule has 0 amide bonds. The van der Waals surface area contributed by atoms with E-state index in [-0.39, 0.29) is 5.97 Å². The van der Waals surface area contributed by atoms with Gasteiger partial charge in [-0.1, -0.05) is 23.7 Å². The van der Waals surface area contributed by atoms with Gasteiger partial charge in [0.25, 0.3) is 0 Å². The number of esters is 1. The van der Waals surface area contributed by atoms with E-state index in [4.69, 9.17) is 16.3 Å². The first kappa shape index (κ1) is 13.7. The second-order valence-electron chi connectivity index (χ2n) is 3.52. The molecule has 0 N–H and O–H groups in total. The van der Waals surface area contributed by atoms with Gasteiger partial charge in [-0.25, -0.2) is 4.79 Å². The van der Waals surface area contributed by atoms with Gasteiger partial charge >= 0.3 is 5.97 Å². The molecular weight excluding hydrogens is 240 g/mol. The summed E-state index contributed by atoms with van der Waals surface area (Å²) in [5.41, 5.74) is 1.59. The lowest BCUT2D eigenvalue weighted by Gasteiger charge is -2.03. The maximum Gasteiger partial charge on any atom is 0.333 e. The van der Waals surface area contributed by atoms with Gasteiger partial charge in [0.15, 0.2) is 0 Å². The van der Waals surface area contributed by atoms with Crippen molar-refractivity contribution in [2.75, 3.05) is 13.7 Å².